The van der Waals surface area contributed by atoms with Crippen molar-refractivity contribution in [2.45, 2.75) is 39.2 Å². The van der Waals surface area contributed by atoms with Crippen molar-refractivity contribution < 1.29 is 0 Å². The van der Waals surface area contributed by atoms with Crippen molar-refractivity contribution in [2.24, 2.45) is 5.92 Å². The maximum absolute atomic E-state index is 3.49. The Kier molecular flexibility index (Phi) is 2.52. The number of rotatable bonds is 4. The summed E-state index contributed by atoms with van der Waals surface area (Å²) >= 11 is 0. The molecule has 0 spiro atoms. The van der Waals surface area contributed by atoms with E-state index < -0.39 is 0 Å². The first-order valence-electron chi connectivity index (χ1n) is 4.02. The van der Waals surface area contributed by atoms with Gasteiger partial charge in [0, 0.05) is 6.04 Å². The Bertz CT molecular complexity index is 72.6. The van der Waals surface area contributed by atoms with E-state index in [1.54, 1.807) is 0 Å². The van der Waals surface area contributed by atoms with Gasteiger partial charge >= 0.3 is 0 Å². The van der Waals surface area contributed by atoms with Crippen LogP contribution in [0.1, 0.15) is 33.1 Å². The van der Waals surface area contributed by atoms with Crippen LogP contribution in [-0.4, -0.2) is 12.6 Å². The third-order valence-corrected chi connectivity index (χ3v) is 1.73. The van der Waals surface area contributed by atoms with Crippen LogP contribution in [0.4, 0.5) is 0 Å². The SMILES string of the molecule is CC(C)CCNC1CC1. The van der Waals surface area contributed by atoms with Crippen LogP contribution in [0.5, 0.6) is 0 Å². The zero-order chi connectivity index (χ0) is 6.69. The molecule has 0 aromatic rings. The molecule has 0 heterocycles. The Labute approximate surface area is 57.8 Å². The highest BCUT2D eigenvalue weighted by Gasteiger charge is 2.19. The van der Waals surface area contributed by atoms with E-state index >= 15 is 0 Å². The van der Waals surface area contributed by atoms with E-state index in [4.69, 9.17) is 0 Å². The molecule has 0 aromatic heterocycles. The fourth-order valence-electron chi connectivity index (χ4n) is 0.864. The van der Waals surface area contributed by atoms with Crippen molar-refractivity contribution in [3.63, 3.8) is 0 Å². The average Bonchev–Trinajstić information content (AvgIpc) is 2.48. The van der Waals surface area contributed by atoms with Crippen LogP contribution in [0, 0.1) is 5.92 Å². The molecule has 0 aliphatic heterocycles. The van der Waals surface area contributed by atoms with Gasteiger partial charge in [0.1, 0.15) is 0 Å². The van der Waals surface area contributed by atoms with Crippen LogP contribution in [0.25, 0.3) is 0 Å². The van der Waals surface area contributed by atoms with Crippen LogP contribution >= 0.6 is 0 Å². The van der Waals surface area contributed by atoms with Crippen molar-refractivity contribution in [2.75, 3.05) is 6.54 Å². The molecular weight excluding hydrogens is 110 g/mol. The Morgan fingerprint density at radius 2 is 2.11 bits per heavy atom. The quantitative estimate of drug-likeness (QED) is 0.607. The van der Waals surface area contributed by atoms with E-state index in [-0.39, 0.29) is 0 Å². The summed E-state index contributed by atoms with van der Waals surface area (Å²) in [5, 5.41) is 3.49. The fraction of sp³-hybridized carbons (Fsp3) is 1.00. The molecule has 1 N–H and O–H groups in total. The van der Waals surface area contributed by atoms with Gasteiger partial charge in [-0.2, -0.15) is 0 Å². The molecule has 1 rings (SSSR count). The standard InChI is InChI=1S/C8H17N/c1-7(2)5-6-9-8-3-4-8/h7-9H,3-6H2,1-2H3. The molecule has 1 aliphatic rings. The molecule has 1 heteroatoms. The smallest absolute Gasteiger partial charge is 0.00682 e. The van der Waals surface area contributed by atoms with Gasteiger partial charge in [-0.1, -0.05) is 13.8 Å². The summed E-state index contributed by atoms with van der Waals surface area (Å²) in [6.45, 7) is 5.77. The van der Waals surface area contributed by atoms with Crippen LogP contribution < -0.4 is 5.32 Å². The summed E-state index contributed by atoms with van der Waals surface area (Å²) in [5.41, 5.74) is 0. The predicted octanol–water partition coefficient (Wildman–Crippen LogP) is 1.78. The van der Waals surface area contributed by atoms with E-state index in [1.165, 1.54) is 25.8 Å². The Balaban J connectivity index is 1.81. The first kappa shape index (κ1) is 7.07. The minimum Gasteiger partial charge on any atom is -0.314 e. The molecule has 0 saturated heterocycles. The van der Waals surface area contributed by atoms with Gasteiger partial charge in [-0.05, 0) is 31.7 Å². The monoisotopic (exact) mass is 127 g/mol. The highest BCUT2D eigenvalue weighted by Crippen LogP contribution is 2.18. The lowest BCUT2D eigenvalue weighted by Gasteiger charge is -2.03. The van der Waals surface area contributed by atoms with Gasteiger partial charge < -0.3 is 5.32 Å². The van der Waals surface area contributed by atoms with Crippen molar-refractivity contribution in [1.82, 2.24) is 5.32 Å². The highest BCUT2D eigenvalue weighted by atomic mass is 14.9. The minimum absolute atomic E-state index is 0.858. The largest absolute Gasteiger partial charge is 0.314 e. The highest BCUT2D eigenvalue weighted by molar-refractivity contribution is 4.80. The first-order chi connectivity index (χ1) is 4.29. The Morgan fingerprint density at radius 3 is 2.56 bits per heavy atom. The lowest BCUT2D eigenvalue weighted by Crippen LogP contribution is -2.18. The van der Waals surface area contributed by atoms with Crippen LogP contribution in [0.2, 0.25) is 0 Å². The van der Waals surface area contributed by atoms with Gasteiger partial charge in [0.25, 0.3) is 0 Å². The van der Waals surface area contributed by atoms with E-state index in [2.05, 4.69) is 19.2 Å². The second-order valence-corrected chi connectivity index (χ2v) is 3.41. The lowest BCUT2D eigenvalue weighted by molar-refractivity contribution is 0.536. The van der Waals surface area contributed by atoms with Gasteiger partial charge in [-0.25, -0.2) is 0 Å². The molecular formula is C8H17N. The van der Waals surface area contributed by atoms with Crippen LogP contribution in [0.15, 0.2) is 0 Å². The summed E-state index contributed by atoms with van der Waals surface area (Å²) in [4.78, 5) is 0. The second-order valence-electron chi connectivity index (χ2n) is 3.41. The normalized spacial score (nSPS) is 19.0. The van der Waals surface area contributed by atoms with Crippen LogP contribution in [0.3, 0.4) is 0 Å². The molecule has 0 bridgehead atoms. The molecule has 0 aromatic carbocycles. The predicted molar refractivity (Wildman–Crippen MR) is 40.5 cm³/mol. The fourth-order valence-corrected chi connectivity index (χ4v) is 0.864. The van der Waals surface area contributed by atoms with Crippen LogP contribution in [-0.2, 0) is 0 Å². The molecule has 0 amide bonds. The molecule has 0 unspecified atom stereocenters. The molecule has 0 atom stereocenters. The van der Waals surface area contributed by atoms with Crippen molar-refractivity contribution >= 4 is 0 Å². The third-order valence-electron chi connectivity index (χ3n) is 1.73. The Hall–Kier alpha value is -0.0400. The topological polar surface area (TPSA) is 12.0 Å². The maximum atomic E-state index is 3.49. The van der Waals surface area contributed by atoms with E-state index in [1.807, 2.05) is 0 Å². The van der Waals surface area contributed by atoms with Crippen molar-refractivity contribution in [1.29, 1.82) is 0 Å². The van der Waals surface area contributed by atoms with Gasteiger partial charge in [-0.3, -0.25) is 0 Å². The van der Waals surface area contributed by atoms with E-state index in [0.29, 0.717) is 0 Å². The van der Waals surface area contributed by atoms with Crippen molar-refractivity contribution in [3.05, 3.63) is 0 Å². The summed E-state index contributed by atoms with van der Waals surface area (Å²) in [6.07, 6.45) is 4.16. The summed E-state index contributed by atoms with van der Waals surface area (Å²) in [5.74, 6) is 0.858. The molecule has 0 radical (unpaired) electrons. The first-order valence-corrected chi connectivity index (χ1v) is 4.02. The van der Waals surface area contributed by atoms with Gasteiger partial charge in [-0.15, -0.1) is 0 Å². The van der Waals surface area contributed by atoms with Gasteiger partial charge in [0.15, 0.2) is 0 Å². The molecule has 1 nitrogen and oxygen atoms in total. The van der Waals surface area contributed by atoms with E-state index in [9.17, 15) is 0 Å². The number of hydrogen-bond donors (Lipinski definition) is 1. The molecule has 1 aliphatic carbocycles. The second kappa shape index (κ2) is 3.21. The Morgan fingerprint density at radius 1 is 1.44 bits per heavy atom. The van der Waals surface area contributed by atoms with Crippen molar-refractivity contribution in [3.8, 4) is 0 Å². The lowest BCUT2D eigenvalue weighted by atomic mass is 10.1. The van der Waals surface area contributed by atoms with Gasteiger partial charge in [0.2, 0.25) is 0 Å². The zero-order valence-corrected chi connectivity index (χ0v) is 6.48. The molecule has 1 fully saturated rings. The zero-order valence-electron chi connectivity index (χ0n) is 6.48. The number of nitrogens with one attached hydrogen (secondary N) is 1. The molecule has 9 heavy (non-hydrogen) atoms. The maximum Gasteiger partial charge on any atom is 0.00682 e. The minimum atomic E-state index is 0.858. The average molecular weight is 127 g/mol. The molecule has 54 valence electrons. The molecule has 1 saturated carbocycles. The third kappa shape index (κ3) is 3.52. The number of hydrogen-bond acceptors (Lipinski definition) is 1. The summed E-state index contributed by atoms with van der Waals surface area (Å²) in [6, 6.07) is 0.892. The van der Waals surface area contributed by atoms with Gasteiger partial charge in [0.05, 0.1) is 0 Å². The summed E-state index contributed by atoms with van der Waals surface area (Å²) in [7, 11) is 0. The summed E-state index contributed by atoms with van der Waals surface area (Å²) < 4.78 is 0. The van der Waals surface area contributed by atoms with E-state index in [0.717, 1.165) is 12.0 Å².